The van der Waals surface area contributed by atoms with E-state index >= 15 is 0 Å². The number of nitrogens with zero attached hydrogens (tertiary/aromatic N) is 1. The summed E-state index contributed by atoms with van der Waals surface area (Å²) in [5.41, 5.74) is -3.62. The van der Waals surface area contributed by atoms with Gasteiger partial charge in [0, 0.05) is 12.3 Å². The Bertz CT molecular complexity index is 583. The maximum absolute atomic E-state index is 13.8. The first-order valence-corrected chi connectivity index (χ1v) is 4.98. The normalized spacial score (nSPS) is 43.5. The van der Waals surface area contributed by atoms with Crippen molar-refractivity contribution in [3.63, 3.8) is 0 Å². The number of alkyl halides is 1. The second-order valence-electron chi connectivity index (χ2n) is 4.18. The summed E-state index contributed by atoms with van der Waals surface area (Å²) in [5.74, 6) is 0. The summed E-state index contributed by atoms with van der Waals surface area (Å²) >= 11 is 0. The van der Waals surface area contributed by atoms with Gasteiger partial charge in [-0.05, 0) is 0 Å². The van der Waals surface area contributed by atoms with Crippen molar-refractivity contribution in [2.75, 3.05) is 0 Å². The van der Waals surface area contributed by atoms with Crippen LogP contribution in [-0.2, 0) is 4.74 Å². The number of aromatic amines is 1. The lowest BCUT2D eigenvalue weighted by molar-refractivity contribution is -0.0840. The number of nitrogens with one attached hydrogen (secondary N) is 1. The van der Waals surface area contributed by atoms with Gasteiger partial charge in [0.05, 0.1) is 0 Å². The number of fused-ring (bicyclic) bond motifs is 1. The Labute approximate surface area is 93.1 Å². The summed E-state index contributed by atoms with van der Waals surface area (Å²) in [5, 5.41) is 18.8. The molecule has 2 aliphatic rings. The highest BCUT2D eigenvalue weighted by Crippen LogP contribution is 2.55. The molecule has 3 N–H and O–H groups in total. The molecule has 0 radical (unpaired) electrons. The van der Waals surface area contributed by atoms with Gasteiger partial charge in [0.15, 0.2) is 11.9 Å². The molecule has 1 aliphatic heterocycles. The molecule has 3 rings (SSSR count). The molecule has 1 aliphatic carbocycles. The van der Waals surface area contributed by atoms with Gasteiger partial charge >= 0.3 is 5.69 Å². The van der Waals surface area contributed by atoms with Crippen molar-refractivity contribution < 1.29 is 19.3 Å². The topological polar surface area (TPSA) is 105 Å². The number of H-pyrrole nitrogens is 1. The van der Waals surface area contributed by atoms with Gasteiger partial charge in [-0.25, -0.2) is 9.18 Å². The Kier molecular flexibility index (Phi) is 1.90. The Morgan fingerprint density at radius 2 is 2.12 bits per heavy atom. The fraction of sp³-hybridized carbons (Fsp3) is 0.556. The lowest BCUT2D eigenvalue weighted by Gasteiger charge is -2.21. The number of rotatable bonds is 1. The maximum atomic E-state index is 13.8. The molecule has 7 nitrogen and oxygen atoms in total. The quantitative estimate of drug-likeness (QED) is 0.524. The van der Waals surface area contributed by atoms with Crippen LogP contribution in [0.15, 0.2) is 21.9 Å². The SMILES string of the molecule is O=c1ccn([C@@H]2O[C@@H]3C(O)[C@]3(F)[C@H]2O)c(=O)[nH]1. The third kappa shape index (κ3) is 1.20. The van der Waals surface area contributed by atoms with E-state index in [1.54, 1.807) is 0 Å². The molecular weight excluding hydrogens is 235 g/mol. The number of aromatic nitrogens is 2. The van der Waals surface area contributed by atoms with E-state index in [1.807, 2.05) is 4.98 Å². The van der Waals surface area contributed by atoms with E-state index in [4.69, 9.17) is 9.84 Å². The standard InChI is InChI=1S/C9H9FN2O5/c10-9-4(14)6(9)17-7(5(9)15)12-2-1-3(13)11-8(12)16/h1-2,4-7,14-15H,(H,11,13,16)/t4?,5-,6+,7+,9-/m0/s1. The third-order valence-corrected chi connectivity index (χ3v) is 3.20. The van der Waals surface area contributed by atoms with Crippen molar-refractivity contribution in [3.05, 3.63) is 33.1 Å². The van der Waals surface area contributed by atoms with Crippen LogP contribution in [0.25, 0.3) is 0 Å². The number of hydrogen-bond donors (Lipinski definition) is 3. The van der Waals surface area contributed by atoms with E-state index in [2.05, 4.69) is 0 Å². The lowest BCUT2D eigenvalue weighted by Crippen LogP contribution is -2.40. The van der Waals surface area contributed by atoms with Gasteiger partial charge in [-0.15, -0.1) is 0 Å². The van der Waals surface area contributed by atoms with Gasteiger partial charge in [0.2, 0.25) is 0 Å². The summed E-state index contributed by atoms with van der Waals surface area (Å²) in [4.78, 5) is 24.2. The van der Waals surface area contributed by atoms with Gasteiger partial charge in [-0.2, -0.15) is 0 Å². The first-order chi connectivity index (χ1) is 7.96. The van der Waals surface area contributed by atoms with Crippen LogP contribution in [0.1, 0.15) is 6.23 Å². The van der Waals surface area contributed by atoms with Crippen molar-refractivity contribution in [1.82, 2.24) is 9.55 Å². The zero-order valence-corrected chi connectivity index (χ0v) is 8.41. The van der Waals surface area contributed by atoms with Crippen LogP contribution in [0.2, 0.25) is 0 Å². The molecule has 1 aromatic rings. The molecule has 5 atom stereocenters. The second kappa shape index (κ2) is 3.03. The van der Waals surface area contributed by atoms with Crippen LogP contribution in [0, 0.1) is 0 Å². The largest absolute Gasteiger partial charge is 0.387 e. The summed E-state index contributed by atoms with van der Waals surface area (Å²) < 4.78 is 19.7. The third-order valence-electron chi connectivity index (χ3n) is 3.20. The summed E-state index contributed by atoms with van der Waals surface area (Å²) in [6, 6.07) is 1.06. The second-order valence-corrected chi connectivity index (χ2v) is 4.18. The summed E-state index contributed by atoms with van der Waals surface area (Å²) in [6.45, 7) is 0. The molecule has 2 heterocycles. The van der Waals surface area contributed by atoms with Crippen molar-refractivity contribution in [3.8, 4) is 0 Å². The molecule has 0 amide bonds. The number of ether oxygens (including phenoxy) is 1. The maximum Gasteiger partial charge on any atom is 0.330 e. The molecule has 2 fully saturated rings. The average molecular weight is 244 g/mol. The molecule has 1 saturated carbocycles. The molecule has 17 heavy (non-hydrogen) atoms. The highest BCUT2D eigenvalue weighted by Gasteiger charge is 2.78. The minimum absolute atomic E-state index is 0.598. The first-order valence-electron chi connectivity index (χ1n) is 4.98. The van der Waals surface area contributed by atoms with Gasteiger partial charge in [0.1, 0.15) is 18.3 Å². The van der Waals surface area contributed by atoms with Crippen LogP contribution in [0.3, 0.4) is 0 Å². The molecular formula is C9H9FN2O5. The molecule has 92 valence electrons. The van der Waals surface area contributed by atoms with Gasteiger partial charge in [-0.1, -0.05) is 0 Å². The van der Waals surface area contributed by atoms with E-state index in [1.165, 1.54) is 0 Å². The lowest BCUT2D eigenvalue weighted by atomic mass is 10.2. The number of halogens is 1. The zero-order chi connectivity index (χ0) is 12.4. The van der Waals surface area contributed by atoms with Gasteiger partial charge < -0.3 is 14.9 Å². The van der Waals surface area contributed by atoms with Crippen LogP contribution in [0.5, 0.6) is 0 Å². The Morgan fingerprint density at radius 1 is 1.41 bits per heavy atom. The summed E-state index contributed by atoms with van der Waals surface area (Å²) in [6.07, 6.45) is -4.27. The van der Waals surface area contributed by atoms with Crippen molar-refractivity contribution in [2.24, 2.45) is 0 Å². The highest BCUT2D eigenvalue weighted by molar-refractivity contribution is 5.25. The van der Waals surface area contributed by atoms with Crippen LogP contribution >= 0.6 is 0 Å². The van der Waals surface area contributed by atoms with E-state index in [0.717, 1.165) is 16.8 Å². The molecule has 1 aromatic heterocycles. The van der Waals surface area contributed by atoms with Crippen LogP contribution in [-0.4, -0.2) is 43.7 Å². The van der Waals surface area contributed by atoms with E-state index < -0.39 is 41.5 Å². The van der Waals surface area contributed by atoms with E-state index in [9.17, 15) is 19.1 Å². The van der Waals surface area contributed by atoms with Gasteiger partial charge in [0.25, 0.3) is 5.56 Å². The number of aliphatic hydroxyl groups excluding tert-OH is 2. The minimum Gasteiger partial charge on any atom is -0.387 e. The van der Waals surface area contributed by atoms with Gasteiger partial charge in [-0.3, -0.25) is 14.3 Å². The molecule has 1 unspecified atom stereocenters. The van der Waals surface area contributed by atoms with E-state index in [-0.39, 0.29) is 0 Å². The van der Waals surface area contributed by atoms with E-state index in [0.29, 0.717) is 0 Å². The highest BCUT2D eigenvalue weighted by atomic mass is 19.1. The molecule has 8 heteroatoms. The minimum atomic E-state index is -2.22. The smallest absolute Gasteiger partial charge is 0.330 e. The summed E-state index contributed by atoms with van der Waals surface area (Å²) in [7, 11) is 0. The average Bonchev–Trinajstić information content (AvgIpc) is 2.66. The Balaban J connectivity index is 1.98. The molecule has 0 aromatic carbocycles. The Hall–Kier alpha value is -1.51. The fourth-order valence-corrected chi connectivity index (χ4v) is 2.14. The number of aliphatic hydroxyl groups is 2. The van der Waals surface area contributed by atoms with Crippen molar-refractivity contribution in [1.29, 1.82) is 0 Å². The molecule has 0 spiro atoms. The molecule has 0 bridgehead atoms. The number of hydrogen-bond acceptors (Lipinski definition) is 5. The first kappa shape index (κ1) is 10.6. The van der Waals surface area contributed by atoms with Crippen molar-refractivity contribution >= 4 is 0 Å². The predicted molar refractivity (Wildman–Crippen MR) is 51.1 cm³/mol. The monoisotopic (exact) mass is 244 g/mol. The van der Waals surface area contributed by atoms with Crippen molar-refractivity contribution in [2.45, 2.75) is 30.2 Å². The zero-order valence-electron chi connectivity index (χ0n) is 8.41. The Morgan fingerprint density at radius 3 is 2.65 bits per heavy atom. The van der Waals surface area contributed by atoms with Crippen LogP contribution < -0.4 is 11.2 Å². The molecule has 1 saturated heterocycles. The fourth-order valence-electron chi connectivity index (χ4n) is 2.14. The van der Waals surface area contributed by atoms with Crippen LogP contribution in [0.4, 0.5) is 4.39 Å². The predicted octanol–water partition coefficient (Wildman–Crippen LogP) is -2.12.